The maximum atomic E-state index is 12.3. The lowest BCUT2D eigenvalue weighted by atomic mass is 10.1. The normalized spacial score (nSPS) is 10.2. The Morgan fingerprint density at radius 1 is 0.964 bits per heavy atom. The molecule has 2 rings (SSSR count). The third-order valence-electron chi connectivity index (χ3n) is 3.71. The Labute approximate surface area is 164 Å². The molecule has 0 unspecified atom stereocenters. The molecular weight excluding hydrogens is 362 g/mol. The zero-order valence-electron chi connectivity index (χ0n) is 16.3. The number of carboxylic acid groups (broad SMARTS) is 1. The van der Waals surface area contributed by atoms with Crippen LogP contribution in [-0.2, 0) is 4.79 Å². The monoisotopic (exact) mass is 387 g/mol. The number of aryl methyl sites for hydroxylation is 2. The fraction of sp³-hybridized carbons (Fsp3) is 0.333. The zero-order chi connectivity index (χ0) is 20.5. The summed E-state index contributed by atoms with van der Waals surface area (Å²) in [7, 11) is 0. The first-order valence-electron chi connectivity index (χ1n) is 8.99. The molecule has 0 aliphatic carbocycles. The highest BCUT2D eigenvalue weighted by Crippen LogP contribution is 2.28. The van der Waals surface area contributed by atoms with Gasteiger partial charge in [-0.2, -0.15) is 0 Å². The number of hydrogen-bond acceptors (Lipinski definition) is 5. The smallest absolute Gasteiger partial charge is 0.341 e. The molecule has 0 saturated heterocycles. The number of ether oxygens (including phenoxy) is 3. The van der Waals surface area contributed by atoms with Gasteiger partial charge in [0.2, 0.25) is 0 Å². The minimum absolute atomic E-state index is 0.277. The van der Waals surface area contributed by atoms with Gasteiger partial charge in [-0.15, -0.1) is 0 Å². The van der Waals surface area contributed by atoms with Crippen LogP contribution in [0.25, 0.3) is 0 Å². The van der Waals surface area contributed by atoms with Crippen molar-refractivity contribution in [3.63, 3.8) is 0 Å². The Hall–Kier alpha value is -3.22. The van der Waals surface area contributed by atoms with Gasteiger partial charge in [0.1, 0.15) is 12.4 Å². The van der Waals surface area contributed by atoms with E-state index in [9.17, 15) is 9.59 Å². The Balaban J connectivity index is 1.91. The molecule has 7 heteroatoms. The van der Waals surface area contributed by atoms with E-state index in [-0.39, 0.29) is 11.7 Å². The van der Waals surface area contributed by atoms with Gasteiger partial charge in [-0.3, -0.25) is 4.79 Å². The van der Waals surface area contributed by atoms with Crippen LogP contribution in [0.5, 0.6) is 17.2 Å². The van der Waals surface area contributed by atoms with Crippen molar-refractivity contribution in [2.24, 2.45) is 0 Å². The molecule has 0 aromatic heterocycles. The van der Waals surface area contributed by atoms with Crippen molar-refractivity contribution in [2.45, 2.75) is 20.8 Å². The third kappa shape index (κ3) is 6.50. The fourth-order valence-electron chi connectivity index (χ4n) is 2.63. The quantitative estimate of drug-likeness (QED) is 0.609. The van der Waals surface area contributed by atoms with E-state index in [0.717, 1.165) is 16.9 Å². The highest BCUT2D eigenvalue weighted by molar-refractivity contribution is 5.94. The Bertz CT molecular complexity index is 813. The van der Waals surface area contributed by atoms with E-state index in [1.165, 1.54) is 12.1 Å². The summed E-state index contributed by atoms with van der Waals surface area (Å²) in [5, 5.41) is 11.5. The molecule has 2 aromatic rings. The second-order valence-corrected chi connectivity index (χ2v) is 6.20. The van der Waals surface area contributed by atoms with Gasteiger partial charge < -0.3 is 24.6 Å². The molecule has 0 fully saturated rings. The molecule has 0 aliphatic heterocycles. The van der Waals surface area contributed by atoms with Crippen molar-refractivity contribution in [3.05, 3.63) is 53.1 Å². The van der Waals surface area contributed by atoms with Crippen LogP contribution in [0, 0.1) is 13.8 Å². The first kappa shape index (κ1) is 21.1. The van der Waals surface area contributed by atoms with Gasteiger partial charge in [0.05, 0.1) is 13.2 Å². The van der Waals surface area contributed by atoms with Crippen LogP contribution in [-0.4, -0.2) is 43.3 Å². The lowest BCUT2D eigenvalue weighted by Crippen LogP contribution is -2.28. The maximum Gasteiger partial charge on any atom is 0.341 e. The predicted molar refractivity (Wildman–Crippen MR) is 104 cm³/mol. The molecule has 2 aromatic carbocycles. The minimum atomic E-state index is -1.09. The topological polar surface area (TPSA) is 94.1 Å². The first-order chi connectivity index (χ1) is 13.4. The van der Waals surface area contributed by atoms with Crippen molar-refractivity contribution >= 4 is 11.9 Å². The fourth-order valence-corrected chi connectivity index (χ4v) is 2.63. The van der Waals surface area contributed by atoms with Gasteiger partial charge in [0.25, 0.3) is 5.91 Å². The van der Waals surface area contributed by atoms with E-state index in [0.29, 0.717) is 31.1 Å². The lowest BCUT2D eigenvalue weighted by molar-refractivity contribution is -0.139. The van der Waals surface area contributed by atoms with Crippen LogP contribution in [0.2, 0.25) is 0 Å². The summed E-state index contributed by atoms with van der Waals surface area (Å²) < 4.78 is 16.3. The molecule has 28 heavy (non-hydrogen) atoms. The van der Waals surface area contributed by atoms with E-state index < -0.39 is 12.6 Å². The van der Waals surface area contributed by atoms with E-state index in [1.807, 2.05) is 26.0 Å². The number of amides is 1. The molecule has 0 bridgehead atoms. The molecule has 0 heterocycles. The molecule has 150 valence electrons. The zero-order valence-corrected chi connectivity index (χ0v) is 16.3. The Morgan fingerprint density at radius 2 is 1.68 bits per heavy atom. The molecule has 0 atom stereocenters. The number of aliphatic carboxylic acids is 1. The maximum absolute atomic E-state index is 12.3. The SMILES string of the molecule is CCOc1cc(C(=O)NCCOc2cc(C)cc(C)c2)ccc1OCC(=O)O. The standard InChI is InChI=1S/C21H25NO6/c1-4-26-19-12-16(5-6-18(19)28-13-20(23)24)21(25)22-7-8-27-17-10-14(2)9-15(3)11-17/h5-6,9-12H,4,7-8,13H2,1-3H3,(H,22,25)(H,23,24). The second kappa shape index (κ2) is 10.2. The highest BCUT2D eigenvalue weighted by atomic mass is 16.5. The minimum Gasteiger partial charge on any atom is -0.492 e. The second-order valence-electron chi connectivity index (χ2n) is 6.20. The van der Waals surface area contributed by atoms with Crippen molar-refractivity contribution < 1.29 is 28.9 Å². The molecular formula is C21H25NO6. The average Bonchev–Trinajstić information content (AvgIpc) is 2.63. The van der Waals surface area contributed by atoms with Crippen molar-refractivity contribution in [2.75, 3.05) is 26.4 Å². The van der Waals surface area contributed by atoms with Gasteiger partial charge in [0.15, 0.2) is 18.1 Å². The van der Waals surface area contributed by atoms with Crippen LogP contribution in [0.3, 0.4) is 0 Å². The lowest BCUT2D eigenvalue weighted by Gasteiger charge is -2.13. The van der Waals surface area contributed by atoms with Crippen LogP contribution >= 0.6 is 0 Å². The van der Waals surface area contributed by atoms with Crippen molar-refractivity contribution in [3.8, 4) is 17.2 Å². The van der Waals surface area contributed by atoms with Gasteiger partial charge in [-0.05, 0) is 62.2 Å². The van der Waals surface area contributed by atoms with Crippen LogP contribution in [0.1, 0.15) is 28.4 Å². The summed E-state index contributed by atoms with van der Waals surface area (Å²) >= 11 is 0. The van der Waals surface area contributed by atoms with Crippen LogP contribution in [0.15, 0.2) is 36.4 Å². The van der Waals surface area contributed by atoms with Gasteiger partial charge >= 0.3 is 5.97 Å². The average molecular weight is 387 g/mol. The number of benzene rings is 2. The summed E-state index contributed by atoms with van der Waals surface area (Å²) in [5.74, 6) is -0.00465. The largest absolute Gasteiger partial charge is 0.492 e. The summed E-state index contributed by atoms with van der Waals surface area (Å²) in [5.41, 5.74) is 2.62. The summed E-state index contributed by atoms with van der Waals surface area (Å²) in [6.45, 7) is 6.35. The van der Waals surface area contributed by atoms with Gasteiger partial charge in [-0.1, -0.05) is 6.07 Å². The number of carboxylic acids is 1. The number of rotatable bonds is 10. The first-order valence-corrected chi connectivity index (χ1v) is 8.99. The van der Waals surface area contributed by atoms with Gasteiger partial charge in [0, 0.05) is 5.56 Å². The van der Waals surface area contributed by atoms with Crippen LogP contribution in [0.4, 0.5) is 0 Å². The van der Waals surface area contributed by atoms with E-state index in [2.05, 4.69) is 11.4 Å². The van der Waals surface area contributed by atoms with E-state index >= 15 is 0 Å². The number of carbonyl (C=O) groups excluding carboxylic acids is 1. The number of nitrogens with one attached hydrogen (secondary N) is 1. The Kier molecular flexibility index (Phi) is 7.68. The predicted octanol–water partition coefficient (Wildman–Crippen LogP) is 2.97. The molecule has 7 nitrogen and oxygen atoms in total. The van der Waals surface area contributed by atoms with E-state index in [4.69, 9.17) is 19.3 Å². The molecule has 0 spiro atoms. The summed E-state index contributed by atoms with van der Waals surface area (Å²) in [6, 6.07) is 10.6. The molecule has 0 aliphatic rings. The molecule has 0 radical (unpaired) electrons. The van der Waals surface area contributed by atoms with Crippen molar-refractivity contribution in [1.82, 2.24) is 5.32 Å². The number of carbonyl (C=O) groups is 2. The third-order valence-corrected chi connectivity index (χ3v) is 3.71. The van der Waals surface area contributed by atoms with Gasteiger partial charge in [-0.25, -0.2) is 4.79 Å². The molecule has 2 N–H and O–H groups in total. The van der Waals surface area contributed by atoms with Crippen molar-refractivity contribution in [1.29, 1.82) is 0 Å². The van der Waals surface area contributed by atoms with Crippen LogP contribution < -0.4 is 19.5 Å². The highest BCUT2D eigenvalue weighted by Gasteiger charge is 2.12. The van der Waals surface area contributed by atoms with E-state index in [1.54, 1.807) is 13.0 Å². The Morgan fingerprint density at radius 3 is 2.32 bits per heavy atom. The molecule has 0 saturated carbocycles. The summed E-state index contributed by atoms with van der Waals surface area (Å²) in [4.78, 5) is 23.0. The number of hydrogen-bond donors (Lipinski definition) is 2. The molecule has 1 amide bonds. The summed E-state index contributed by atoms with van der Waals surface area (Å²) in [6.07, 6.45) is 0.